The molecule has 0 amide bonds. The molecule has 164 valence electrons. The lowest BCUT2D eigenvalue weighted by atomic mass is 10.1. The van der Waals surface area contributed by atoms with Crippen molar-refractivity contribution in [2.75, 3.05) is 5.32 Å². The van der Waals surface area contributed by atoms with Crippen LogP contribution in [0.15, 0.2) is 77.2 Å². The molecule has 3 aromatic carbocycles. The highest BCUT2D eigenvalue weighted by Gasteiger charge is 2.22. The minimum Gasteiger partial charge on any atom is -0.400 e. The normalized spacial score (nSPS) is 12.1. The third-order valence-corrected chi connectivity index (χ3v) is 5.93. The van der Waals surface area contributed by atoms with Gasteiger partial charge in [0.15, 0.2) is 11.3 Å². The molecule has 5 aromatic rings. The van der Waals surface area contributed by atoms with Crippen LogP contribution in [-0.2, 0) is 6.42 Å². The number of alkyl halides is 1. The first-order valence-electron chi connectivity index (χ1n) is 10.0. The highest BCUT2D eigenvalue weighted by molar-refractivity contribution is 7.20. The average Bonchev–Trinajstić information content (AvgIpc) is 3.46. The van der Waals surface area contributed by atoms with Gasteiger partial charge in [0.2, 0.25) is 0 Å². The fourth-order valence-corrected chi connectivity index (χ4v) is 4.25. The third kappa shape index (κ3) is 4.63. The van der Waals surface area contributed by atoms with Crippen molar-refractivity contribution >= 4 is 33.4 Å². The second-order valence-electron chi connectivity index (χ2n) is 7.25. The lowest BCUT2D eigenvalue weighted by molar-refractivity contribution is 0.100. The molecule has 2 aromatic heterocycles. The second-order valence-corrected chi connectivity index (χ2v) is 8.28. The highest BCUT2D eigenvalue weighted by atomic mass is 32.1. The Labute approximate surface area is 190 Å². The predicted molar refractivity (Wildman–Crippen MR) is 121 cm³/mol. The minimum absolute atomic E-state index is 0.112. The van der Waals surface area contributed by atoms with Gasteiger partial charge in [-0.2, -0.15) is 0 Å². The Balaban J connectivity index is 1.31. The maximum atomic E-state index is 14.3. The summed E-state index contributed by atoms with van der Waals surface area (Å²) in [6.07, 6.45) is -1.34. The average molecular weight is 462 g/mol. The monoisotopic (exact) mass is 462 g/mol. The van der Waals surface area contributed by atoms with Gasteiger partial charge in [0.25, 0.3) is 11.7 Å². The molecule has 0 fully saturated rings. The predicted octanol–water partition coefficient (Wildman–Crippen LogP) is 5.67. The van der Waals surface area contributed by atoms with Gasteiger partial charge >= 0.3 is 6.01 Å². The van der Waals surface area contributed by atoms with Crippen LogP contribution in [0.2, 0.25) is 0 Å². The van der Waals surface area contributed by atoms with E-state index in [4.69, 9.17) is 4.42 Å². The van der Waals surface area contributed by atoms with Crippen LogP contribution in [0.5, 0.6) is 0 Å². The number of halogens is 2. The van der Waals surface area contributed by atoms with E-state index < -0.39 is 12.1 Å². The van der Waals surface area contributed by atoms with Gasteiger partial charge in [0.1, 0.15) is 5.82 Å². The number of nitrogens with one attached hydrogen (secondary N) is 1. The van der Waals surface area contributed by atoms with Crippen molar-refractivity contribution in [3.8, 4) is 11.1 Å². The number of anilines is 1. The zero-order chi connectivity index (χ0) is 22.8. The first kappa shape index (κ1) is 20.9. The van der Waals surface area contributed by atoms with Gasteiger partial charge in [-0.3, -0.25) is 4.79 Å². The van der Waals surface area contributed by atoms with Crippen molar-refractivity contribution < 1.29 is 18.0 Å². The summed E-state index contributed by atoms with van der Waals surface area (Å²) in [5, 5.41) is 10.1. The summed E-state index contributed by atoms with van der Waals surface area (Å²) in [7, 11) is 0. The van der Waals surface area contributed by atoms with E-state index in [0.29, 0.717) is 5.52 Å². The summed E-state index contributed by atoms with van der Waals surface area (Å²) in [6.45, 7) is 0. The van der Waals surface area contributed by atoms with E-state index in [9.17, 15) is 13.6 Å². The SMILES string of the molecule is O=C(c1nnc(NC(F)Cc2ccccc2)o1)c1nc2ccc(-c3ccc(F)cc3)cc2s1. The second kappa shape index (κ2) is 8.87. The van der Waals surface area contributed by atoms with Crippen LogP contribution in [0.3, 0.4) is 0 Å². The van der Waals surface area contributed by atoms with E-state index >= 15 is 0 Å². The van der Waals surface area contributed by atoms with E-state index in [0.717, 1.165) is 21.4 Å². The Morgan fingerprint density at radius 3 is 2.55 bits per heavy atom. The standard InChI is InChI=1S/C24H16F2N4O2S/c25-17-9-6-15(7-10-17)16-8-11-18-19(13-16)33-23(27-18)21(31)22-29-30-24(32-22)28-20(26)12-14-4-2-1-3-5-14/h1-11,13,20H,12H2,(H,28,30). The summed E-state index contributed by atoms with van der Waals surface area (Å²) in [4.78, 5) is 17.1. The van der Waals surface area contributed by atoms with Crippen molar-refractivity contribution in [1.29, 1.82) is 0 Å². The molecule has 0 aliphatic rings. The molecule has 2 heterocycles. The molecular formula is C24H16F2N4O2S. The van der Waals surface area contributed by atoms with Crippen molar-refractivity contribution in [1.82, 2.24) is 15.2 Å². The topological polar surface area (TPSA) is 80.9 Å². The highest BCUT2D eigenvalue weighted by Crippen LogP contribution is 2.29. The number of benzene rings is 3. The number of fused-ring (bicyclic) bond motifs is 1. The Kier molecular flexibility index (Phi) is 5.62. The van der Waals surface area contributed by atoms with Gasteiger partial charge in [0.05, 0.1) is 10.2 Å². The Bertz CT molecular complexity index is 1420. The van der Waals surface area contributed by atoms with Crippen molar-refractivity contribution in [3.63, 3.8) is 0 Å². The lowest BCUT2D eigenvalue weighted by Crippen LogP contribution is -2.16. The minimum atomic E-state index is -1.46. The summed E-state index contributed by atoms with van der Waals surface area (Å²) < 4.78 is 33.6. The number of carbonyl (C=O) groups excluding carboxylic acids is 1. The van der Waals surface area contributed by atoms with Gasteiger partial charge in [-0.05, 0) is 41.0 Å². The Morgan fingerprint density at radius 1 is 1.00 bits per heavy atom. The van der Waals surface area contributed by atoms with Crippen molar-refractivity contribution in [3.05, 3.63) is 95.1 Å². The Hall–Kier alpha value is -3.98. The summed E-state index contributed by atoms with van der Waals surface area (Å²) in [6, 6.07) is 20.6. The number of ketones is 1. The molecule has 9 heteroatoms. The van der Waals surface area contributed by atoms with Crippen LogP contribution in [0, 0.1) is 5.82 Å². The van der Waals surface area contributed by atoms with Gasteiger partial charge in [0, 0.05) is 6.42 Å². The number of hydrogen-bond donors (Lipinski definition) is 1. The van der Waals surface area contributed by atoms with E-state index in [1.165, 1.54) is 23.5 Å². The van der Waals surface area contributed by atoms with Crippen LogP contribution >= 0.6 is 11.3 Å². The molecule has 6 nitrogen and oxygen atoms in total. The van der Waals surface area contributed by atoms with Gasteiger partial charge in [-0.1, -0.05) is 53.6 Å². The van der Waals surface area contributed by atoms with Gasteiger partial charge < -0.3 is 9.73 Å². The number of aromatic nitrogens is 3. The molecule has 0 radical (unpaired) electrons. The quantitative estimate of drug-likeness (QED) is 0.248. The molecule has 0 spiro atoms. The zero-order valence-electron chi connectivity index (χ0n) is 17.0. The molecular weight excluding hydrogens is 446 g/mol. The number of carbonyl (C=O) groups is 1. The number of nitrogens with zero attached hydrogens (tertiary/aromatic N) is 3. The van der Waals surface area contributed by atoms with E-state index in [-0.39, 0.29) is 29.2 Å². The molecule has 5 rings (SSSR count). The number of hydrogen-bond acceptors (Lipinski definition) is 7. The summed E-state index contributed by atoms with van der Waals surface area (Å²) in [5.74, 6) is -1.13. The molecule has 33 heavy (non-hydrogen) atoms. The van der Waals surface area contributed by atoms with Crippen LogP contribution in [0.4, 0.5) is 14.8 Å². The molecule has 0 aliphatic carbocycles. The largest absolute Gasteiger partial charge is 0.400 e. The Morgan fingerprint density at radius 2 is 1.76 bits per heavy atom. The zero-order valence-corrected chi connectivity index (χ0v) is 17.9. The number of thiazole rings is 1. The molecule has 1 N–H and O–H groups in total. The van der Waals surface area contributed by atoms with Crippen LogP contribution in [0.1, 0.15) is 21.3 Å². The number of rotatable bonds is 7. The smallest absolute Gasteiger partial charge is 0.318 e. The molecule has 0 aliphatic heterocycles. The molecule has 0 saturated carbocycles. The lowest BCUT2D eigenvalue weighted by Gasteiger charge is -2.07. The fourth-order valence-electron chi connectivity index (χ4n) is 3.31. The summed E-state index contributed by atoms with van der Waals surface area (Å²) in [5.41, 5.74) is 3.17. The van der Waals surface area contributed by atoms with Crippen LogP contribution in [0.25, 0.3) is 21.3 Å². The maximum absolute atomic E-state index is 14.3. The molecule has 0 bridgehead atoms. The fraction of sp³-hybridized carbons (Fsp3) is 0.0833. The van der Waals surface area contributed by atoms with Gasteiger partial charge in [-0.25, -0.2) is 13.8 Å². The molecule has 0 saturated heterocycles. The van der Waals surface area contributed by atoms with E-state index in [1.807, 2.05) is 42.5 Å². The summed E-state index contributed by atoms with van der Waals surface area (Å²) >= 11 is 1.18. The van der Waals surface area contributed by atoms with E-state index in [2.05, 4.69) is 20.5 Å². The van der Waals surface area contributed by atoms with Crippen molar-refractivity contribution in [2.24, 2.45) is 0 Å². The maximum Gasteiger partial charge on any atom is 0.318 e. The molecule has 1 unspecified atom stereocenters. The van der Waals surface area contributed by atoms with Crippen LogP contribution < -0.4 is 5.32 Å². The first-order chi connectivity index (χ1) is 16.0. The molecule has 1 atom stereocenters. The van der Waals surface area contributed by atoms with Gasteiger partial charge in [-0.15, -0.1) is 16.4 Å². The van der Waals surface area contributed by atoms with Crippen molar-refractivity contribution in [2.45, 2.75) is 12.7 Å². The van der Waals surface area contributed by atoms with E-state index in [1.54, 1.807) is 18.2 Å². The third-order valence-electron chi connectivity index (χ3n) is 4.92. The van der Waals surface area contributed by atoms with Crippen LogP contribution in [-0.4, -0.2) is 27.3 Å². The first-order valence-corrected chi connectivity index (χ1v) is 10.9.